The smallest absolute Gasteiger partial charge is 0.348 e. The molecule has 0 radical (unpaired) electrons. The van der Waals surface area contributed by atoms with Gasteiger partial charge in [0.25, 0.3) is 0 Å². The normalized spacial score (nSPS) is 20.5. The number of rotatable bonds is 5. The van der Waals surface area contributed by atoms with E-state index in [1.165, 1.54) is 14.2 Å². The van der Waals surface area contributed by atoms with Crippen molar-refractivity contribution in [2.24, 2.45) is 0 Å². The molecule has 144 valence electrons. The van der Waals surface area contributed by atoms with E-state index in [0.717, 1.165) is 11.3 Å². The summed E-state index contributed by atoms with van der Waals surface area (Å²) in [6.07, 6.45) is 0.0965. The maximum absolute atomic E-state index is 12.5. The van der Waals surface area contributed by atoms with Crippen LogP contribution in [0.15, 0.2) is 0 Å². The lowest BCUT2D eigenvalue weighted by Crippen LogP contribution is -2.48. The van der Waals surface area contributed by atoms with Crippen LogP contribution in [0.1, 0.15) is 39.4 Å². The molecule has 1 amide bonds. The van der Waals surface area contributed by atoms with Crippen LogP contribution in [-0.4, -0.2) is 68.8 Å². The molecular formula is C17H24N2O6S. The highest BCUT2D eigenvalue weighted by atomic mass is 32.1. The minimum absolute atomic E-state index is 0.0482. The molecule has 0 unspecified atom stereocenters. The molecule has 2 rings (SSSR count). The van der Waals surface area contributed by atoms with Crippen molar-refractivity contribution in [1.82, 2.24) is 4.90 Å². The number of anilines is 1. The van der Waals surface area contributed by atoms with Crippen molar-refractivity contribution in [3.8, 4) is 0 Å². The maximum Gasteiger partial charge on any atom is 0.348 e. The summed E-state index contributed by atoms with van der Waals surface area (Å²) in [7, 11) is 2.51. The van der Waals surface area contributed by atoms with Gasteiger partial charge in [-0.3, -0.25) is 9.69 Å². The second-order valence-electron chi connectivity index (χ2n) is 6.24. The van der Waals surface area contributed by atoms with Gasteiger partial charge in [-0.15, -0.1) is 11.3 Å². The molecule has 2 heterocycles. The Morgan fingerprint density at radius 2 is 1.73 bits per heavy atom. The first-order chi connectivity index (χ1) is 12.3. The van der Waals surface area contributed by atoms with Crippen molar-refractivity contribution in [2.45, 2.75) is 33.0 Å². The van der Waals surface area contributed by atoms with Crippen molar-refractivity contribution in [2.75, 3.05) is 39.2 Å². The standard InChI is InChI=1S/C17H24N2O6S/c1-9-6-19(7-10(2)25-9)8-12(20)18-15-13(16(21)23-4)11(3)14(26-15)17(22)24-5/h9-10H,6-8H2,1-5H3,(H,18,20)/t9-,10-/m1/s1. The molecule has 1 aliphatic heterocycles. The maximum atomic E-state index is 12.5. The van der Waals surface area contributed by atoms with E-state index < -0.39 is 11.9 Å². The van der Waals surface area contributed by atoms with Crippen LogP contribution in [0.3, 0.4) is 0 Å². The lowest BCUT2D eigenvalue weighted by molar-refractivity contribution is -0.121. The second kappa shape index (κ2) is 8.61. The number of carbonyl (C=O) groups excluding carboxylic acids is 3. The van der Waals surface area contributed by atoms with Gasteiger partial charge in [-0.05, 0) is 26.3 Å². The van der Waals surface area contributed by atoms with Gasteiger partial charge in [-0.2, -0.15) is 0 Å². The van der Waals surface area contributed by atoms with Crippen LogP contribution in [0.4, 0.5) is 5.00 Å². The molecular weight excluding hydrogens is 360 g/mol. The Kier molecular flexibility index (Phi) is 6.74. The zero-order valence-corrected chi connectivity index (χ0v) is 16.4. The van der Waals surface area contributed by atoms with Crippen molar-refractivity contribution < 1.29 is 28.6 Å². The topological polar surface area (TPSA) is 94.2 Å². The van der Waals surface area contributed by atoms with Crippen LogP contribution in [0.2, 0.25) is 0 Å². The quantitative estimate of drug-likeness (QED) is 0.772. The molecule has 2 atom stereocenters. The molecule has 0 aliphatic carbocycles. The van der Waals surface area contributed by atoms with E-state index in [1.54, 1.807) is 6.92 Å². The second-order valence-corrected chi connectivity index (χ2v) is 7.26. The van der Waals surface area contributed by atoms with Crippen molar-refractivity contribution >= 4 is 34.2 Å². The molecule has 1 aliphatic rings. The number of nitrogens with one attached hydrogen (secondary N) is 1. The molecule has 9 heteroatoms. The molecule has 1 saturated heterocycles. The summed E-state index contributed by atoms with van der Waals surface area (Å²) < 4.78 is 15.2. The van der Waals surface area contributed by atoms with Crippen molar-refractivity contribution in [3.05, 3.63) is 16.0 Å². The van der Waals surface area contributed by atoms with E-state index in [9.17, 15) is 14.4 Å². The third-order valence-electron chi connectivity index (χ3n) is 4.02. The molecule has 8 nitrogen and oxygen atoms in total. The van der Waals surface area contributed by atoms with Gasteiger partial charge < -0.3 is 19.5 Å². The van der Waals surface area contributed by atoms with Crippen LogP contribution in [0, 0.1) is 6.92 Å². The van der Waals surface area contributed by atoms with Gasteiger partial charge in [0.15, 0.2) is 0 Å². The fourth-order valence-corrected chi connectivity index (χ4v) is 4.15. The number of morpholine rings is 1. The predicted molar refractivity (Wildman–Crippen MR) is 96.8 cm³/mol. The first kappa shape index (κ1) is 20.3. The summed E-state index contributed by atoms with van der Waals surface area (Å²) in [6, 6.07) is 0. The highest BCUT2D eigenvalue weighted by Gasteiger charge is 2.28. The first-order valence-electron chi connectivity index (χ1n) is 8.24. The molecule has 1 N–H and O–H groups in total. The summed E-state index contributed by atoms with van der Waals surface area (Å²) in [6.45, 7) is 7.01. The van der Waals surface area contributed by atoms with Crippen molar-refractivity contribution in [1.29, 1.82) is 0 Å². The Morgan fingerprint density at radius 1 is 1.15 bits per heavy atom. The number of esters is 2. The Morgan fingerprint density at radius 3 is 2.27 bits per heavy atom. The van der Waals surface area contributed by atoms with Gasteiger partial charge in [0, 0.05) is 13.1 Å². The fraction of sp³-hybridized carbons (Fsp3) is 0.588. The van der Waals surface area contributed by atoms with Gasteiger partial charge in [-0.1, -0.05) is 0 Å². The number of hydrogen-bond acceptors (Lipinski definition) is 8. The predicted octanol–water partition coefficient (Wildman–Crippen LogP) is 1.68. The summed E-state index contributed by atoms with van der Waals surface area (Å²) in [5.74, 6) is -1.44. The summed E-state index contributed by atoms with van der Waals surface area (Å²) >= 11 is 1.00. The summed E-state index contributed by atoms with van der Waals surface area (Å²) in [5.41, 5.74) is 0.604. The SMILES string of the molecule is COC(=O)c1sc(NC(=O)CN2C[C@@H](C)O[C@H](C)C2)c(C(=O)OC)c1C. The Hall–Kier alpha value is -1.97. The number of carbonyl (C=O) groups is 3. The van der Waals surface area contributed by atoms with Crippen LogP contribution >= 0.6 is 11.3 Å². The Labute approximate surface area is 156 Å². The Balaban J connectivity index is 2.18. The number of amides is 1. The zero-order chi connectivity index (χ0) is 19.4. The number of thiophene rings is 1. The molecule has 26 heavy (non-hydrogen) atoms. The number of ether oxygens (including phenoxy) is 3. The van der Waals surface area contributed by atoms with Gasteiger partial charge in [0.2, 0.25) is 5.91 Å². The van der Waals surface area contributed by atoms with E-state index >= 15 is 0 Å². The van der Waals surface area contributed by atoms with E-state index in [0.29, 0.717) is 18.7 Å². The van der Waals surface area contributed by atoms with E-state index in [4.69, 9.17) is 14.2 Å². The van der Waals surface area contributed by atoms with Crippen LogP contribution < -0.4 is 5.32 Å². The molecule has 0 saturated carbocycles. The van der Waals surface area contributed by atoms with Gasteiger partial charge >= 0.3 is 11.9 Å². The lowest BCUT2D eigenvalue weighted by atomic mass is 10.1. The average molecular weight is 384 g/mol. The van der Waals surface area contributed by atoms with Crippen LogP contribution in [0.5, 0.6) is 0 Å². The summed E-state index contributed by atoms with van der Waals surface area (Å²) in [4.78, 5) is 38.7. The third kappa shape index (κ3) is 4.60. The lowest BCUT2D eigenvalue weighted by Gasteiger charge is -2.34. The largest absolute Gasteiger partial charge is 0.465 e. The minimum atomic E-state index is -0.613. The fourth-order valence-electron chi connectivity index (χ4n) is 3.02. The van der Waals surface area contributed by atoms with Crippen LogP contribution in [-0.2, 0) is 19.0 Å². The van der Waals surface area contributed by atoms with Gasteiger partial charge in [0.05, 0.1) is 38.5 Å². The number of nitrogens with zero attached hydrogens (tertiary/aromatic N) is 1. The van der Waals surface area contributed by atoms with E-state index in [2.05, 4.69) is 5.32 Å². The highest BCUT2D eigenvalue weighted by molar-refractivity contribution is 7.18. The molecule has 0 aromatic carbocycles. The van der Waals surface area contributed by atoms with Gasteiger partial charge in [-0.25, -0.2) is 9.59 Å². The third-order valence-corrected chi connectivity index (χ3v) is 5.21. The van der Waals surface area contributed by atoms with E-state index in [-0.39, 0.29) is 40.1 Å². The number of methoxy groups -OCH3 is 2. The Bertz CT molecular complexity index is 692. The summed E-state index contributed by atoms with van der Waals surface area (Å²) in [5, 5.41) is 3.02. The van der Waals surface area contributed by atoms with Crippen LogP contribution in [0.25, 0.3) is 0 Å². The molecule has 1 fully saturated rings. The zero-order valence-electron chi connectivity index (χ0n) is 15.6. The highest BCUT2D eigenvalue weighted by Crippen LogP contribution is 2.34. The molecule has 1 aromatic heterocycles. The molecule has 0 spiro atoms. The molecule has 0 bridgehead atoms. The molecule has 1 aromatic rings. The van der Waals surface area contributed by atoms with Gasteiger partial charge in [0.1, 0.15) is 9.88 Å². The number of hydrogen-bond donors (Lipinski definition) is 1. The van der Waals surface area contributed by atoms with E-state index in [1.807, 2.05) is 18.7 Å². The van der Waals surface area contributed by atoms with Crippen molar-refractivity contribution in [3.63, 3.8) is 0 Å². The minimum Gasteiger partial charge on any atom is -0.465 e. The first-order valence-corrected chi connectivity index (χ1v) is 9.06. The average Bonchev–Trinajstić information content (AvgIpc) is 2.88. The monoisotopic (exact) mass is 384 g/mol.